The molecule has 1 amide bonds. The average Bonchev–Trinajstić information content (AvgIpc) is 3.19. The lowest BCUT2D eigenvalue weighted by molar-refractivity contribution is -0.145. The number of benzene rings is 3. The number of anilines is 3. The predicted octanol–water partition coefficient (Wildman–Crippen LogP) is 6.92. The molecule has 2 atom stereocenters. The molecule has 4 rings (SSSR count). The highest BCUT2D eigenvalue weighted by molar-refractivity contribution is 6.10. The maximum absolute atomic E-state index is 13.8. The summed E-state index contributed by atoms with van der Waals surface area (Å²) in [5.74, 6) is -2.02. The van der Waals surface area contributed by atoms with Gasteiger partial charge < -0.3 is 15.0 Å². The zero-order valence-corrected chi connectivity index (χ0v) is 21.3. The smallest absolute Gasteiger partial charge is 0.416 e. The van der Waals surface area contributed by atoms with E-state index in [1.807, 2.05) is 0 Å². The van der Waals surface area contributed by atoms with Gasteiger partial charge in [-0.05, 0) is 79.7 Å². The summed E-state index contributed by atoms with van der Waals surface area (Å²) >= 11 is 0. The molecule has 0 aromatic heterocycles. The van der Waals surface area contributed by atoms with E-state index >= 15 is 0 Å². The van der Waals surface area contributed by atoms with E-state index in [0.29, 0.717) is 24.3 Å². The number of hydrogen-bond acceptors (Lipinski definition) is 5. The Morgan fingerprint density at radius 1 is 0.714 bits per heavy atom. The third-order valence-electron chi connectivity index (χ3n) is 6.24. The standard InChI is InChI=1S/C27H20F9N3O3/c1-2-42-24(41)22-38(19-11-5-16(6-12-19)26(31,32)33)21(37-18-9-3-15(4-10-18)25(28,29)30)23(40)39(22)20-13-7-17(8-14-20)27(34,35)36/h3-14,21-22,37H,2H2,1H3. The van der Waals surface area contributed by atoms with Crippen LogP contribution in [0.3, 0.4) is 0 Å². The molecule has 224 valence electrons. The minimum Gasteiger partial charge on any atom is -0.463 e. The molecule has 3 aromatic carbocycles. The Hall–Kier alpha value is -4.43. The van der Waals surface area contributed by atoms with Crippen LogP contribution < -0.4 is 15.1 Å². The first-order valence-corrected chi connectivity index (χ1v) is 12.1. The second kappa shape index (κ2) is 11.1. The maximum Gasteiger partial charge on any atom is 0.416 e. The van der Waals surface area contributed by atoms with E-state index in [2.05, 4.69) is 5.32 Å². The van der Waals surface area contributed by atoms with Gasteiger partial charge in [0.1, 0.15) is 0 Å². The highest BCUT2D eigenvalue weighted by Crippen LogP contribution is 2.38. The number of alkyl halides is 9. The summed E-state index contributed by atoms with van der Waals surface area (Å²) in [6.07, 6.45) is -17.4. The van der Waals surface area contributed by atoms with Gasteiger partial charge >= 0.3 is 24.5 Å². The van der Waals surface area contributed by atoms with Gasteiger partial charge in [0.15, 0.2) is 6.17 Å². The van der Waals surface area contributed by atoms with Crippen LogP contribution in [0.1, 0.15) is 23.6 Å². The zero-order chi connectivity index (χ0) is 31.0. The Morgan fingerprint density at radius 2 is 1.12 bits per heavy atom. The van der Waals surface area contributed by atoms with Crippen LogP contribution in [-0.2, 0) is 32.9 Å². The van der Waals surface area contributed by atoms with Gasteiger partial charge in [0, 0.05) is 17.1 Å². The molecule has 0 spiro atoms. The number of hydrogen-bond donors (Lipinski definition) is 1. The molecule has 1 saturated heterocycles. The van der Waals surface area contributed by atoms with Crippen molar-refractivity contribution in [2.45, 2.75) is 37.8 Å². The molecular formula is C27H20F9N3O3. The molecule has 1 aliphatic rings. The first-order valence-electron chi connectivity index (χ1n) is 12.1. The molecular weight excluding hydrogens is 585 g/mol. The monoisotopic (exact) mass is 605 g/mol. The van der Waals surface area contributed by atoms with Gasteiger partial charge in [0.05, 0.1) is 23.3 Å². The number of carbonyl (C=O) groups is 2. The third kappa shape index (κ3) is 6.24. The molecule has 0 saturated carbocycles. The summed E-state index contributed by atoms with van der Waals surface area (Å²) in [4.78, 5) is 28.8. The van der Waals surface area contributed by atoms with Gasteiger partial charge in [0.25, 0.3) is 5.91 Å². The molecule has 42 heavy (non-hydrogen) atoms. The minimum atomic E-state index is -4.72. The summed E-state index contributed by atoms with van der Waals surface area (Å²) in [6.45, 7) is 1.25. The molecule has 0 radical (unpaired) electrons. The topological polar surface area (TPSA) is 61.9 Å². The first-order chi connectivity index (χ1) is 19.5. The van der Waals surface area contributed by atoms with Gasteiger partial charge in [-0.3, -0.25) is 9.69 Å². The van der Waals surface area contributed by atoms with Crippen molar-refractivity contribution in [2.75, 3.05) is 21.7 Å². The second-order valence-electron chi connectivity index (χ2n) is 8.95. The normalized spacial score (nSPS) is 17.9. The van der Waals surface area contributed by atoms with E-state index in [-0.39, 0.29) is 23.7 Å². The van der Waals surface area contributed by atoms with Crippen LogP contribution in [-0.4, -0.2) is 30.8 Å². The highest BCUT2D eigenvalue weighted by atomic mass is 19.4. The van der Waals surface area contributed by atoms with E-state index in [1.54, 1.807) is 0 Å². The van der Waals surface area contributed by atoms with Crippen molar-refractivity contribution in [3.8, 4) is 0 Å². The predicted molar refractivity (Wildman–Crippen MR) is 132 cm³/mol. The largest absolute Gasteiger partial charge is 0.463 e. The van der Waals surface area contributed by atoms with Crippen LogP contribution in [0.2, 0.25) is 0 Å². The summed E-state index contributed by atoms with van der Waals surface area (Å²) in [7, 11) is 0. The Balaban J connectivity index is 1.83. The first kappa shape index (κ1) is 30.5. The van der Waals surface area contributed by atoms with E-state index in [4.69, 9.17) is 4.74 Å². The van der Waals surface area contributed by atoms with Crippen molar-refractivity contribution in [3.63, 3.8) is 0 Å². The third-order valence-corrected chi connectivity index (χ3v) is 6.24. The van der Waals surface area contributed by atoms with Crippen molar-refractivity contribution < 1.29 is 53.8 Å². The van der Waals surface area contributed by atoms with Crippen molar-refractivity contribution in [1.82, 2.24) is 0 Å². The number of carbonyl (C=O) groups excluding carboxylic acids is 2. The van der Waals surface area contributed by atoms with Crippen LogP contribution in [0, 0.1) is 0 Å². The number of nitrogens with one attached hydrogen (secondary N) is 1. The molecule has 3 aromatic rings. The molecule has 6 nitrogen and oxygen atoms in total. The zero-order valence-electron chi connectivity index (χ0n) is 21.3. The summed E-state index contributed by atoms with van der Waals surface area (Å²) in [5, 5.41) is 2.68. The highest BCUT2D eigenvalue weighted by Gasteiger charge is 2.52. The van der Waals surface area contributed by atoms with Gasteiger partial charge in [-0.1, -0.05) is 0 Å². The van der Waals surface area contributed by atoms with Crippen molar-refractivity contribution in [2.24, 2.45) is 0 Å². The van der Waals surface area contributed by atoms with Crippen LogP contribution in [0.15, 0.2) is 72.8 Å². The number of halogens is 9. The SMILES string of the molecule is CCOC(=O)C1N(c2ccc(C(F)(F)F)cc2)C(=O)C(Nc2ccc(C(F)(F)F)cc2)N1c1ccc(C(F)(F)F)cc1. The Bertz CT molecular complexity index is 1420. The van der Waals surface area contributed by atoms with Gasteiger partial charge in [-0.15, -0.1) is 0 Å². The lowest BCUT2D eigenvalue weighted by atomic mass is 10.1. The van der Waals surface area contributed by atoms with Crippen molar-refractivity contribution >= 4 is 28.9 Å². The molecule has 1 fully saturated rings. The minimum absolute atomic E-state index is 0.0323. The Morgan fingerprint density at radius 3 is 1.52 bits per heavy atom. The fourth-order valence-electron chi connectivity index (χ4n) is 4.31. The summed E-state index contributed by atoms with van der Waals surface area (Å²) in [6, 6.07) is 9.98. The van der Waals surface area contributed by atoms with E-state index in [0.717, 1.165) is 58.3 Å². The molecule has 2 unspecified atom stereocenters. The molecule has 0 aliphatic carbocycles. The number of amides is 1. The number of nitrogens with zero attached hydrogens (tertiary/aromatic N) is 2. The van der Waals surface area contributed by atoms with Crippen LogP contribution in [0.4, 0.5) is 56.6 Å². The fourth-order valence-corrected chi connectivity index (χ4v) is 4.31. The van der Waals surface area contributed by atoms with Gasteiger partial charge in [0.2, 0.25) is 6.17 Å². The second-order valence-corrected chi connectivity index (χ2v) is 8.95. The van der Waals surface area contributed by atoms with Crippen LogP contribution in [0.5, 0.6) is 0 Å². The van der Waals surface area contributed by atoms with E-state index < -0.39 is 59.4 Å². The molecule has 1 heterocycles. The lowest BCUT2D eigenvalue weighted by Crippen LogP contribution is -2.49. The molecule has 1 N–H and O–H groups in total. The summed E-state index contributed by atoms with van der Waals surface area (Å²) in [5.41, 5.74) is -3.41. The lowest BCUT2D eigenvalue weighted by Gasteiger charge is -2.31. The van der Waals surface area contributed by atoms with Gasteiger partial charge in [-0.25, -0.2) is 4.79 Å². The fraction of sp³-hybridized carbons (Fsp3) is 0.259. The molecule has 0 bridgehead atoms. The molecule has 1 aliphatic heterocycles. The maximum atomic E-state index is 13.8. The quantitative estimate of drug-likeness (QED) is 0.244. The van der Waals surface area contributed by atoms with E-state index in [1.165, 1.54) is 6.92 Å². The Kier molecular flexibility index (Phi) is 8.07. The Labute approximate surface area is 232 Å². The number of rotatable bonds is 6. The van der Waals surface area contributed by atoms with Gasteiger partial charge in [-0.2, -0.15) is 39.5 Å². The average molecular weight is 605 g/mol. The van der Waals surface area contributed by atoms with E-state index in [9.17, 15) is 49.1 Å². The van der Waals surface area contributed by atoms with Crippen LogP contribution in [0.25, 0.3) is 0 Å². The number of esters is 1. The molecule has 15 heteroatoms. The van der Waals surface area contributed by atoms with Crippen molar-refractivity contribution in [1.29, 1.82) is 0 Å². The number of ether oxygens (including phenoxy) is 1. The van der Waals surface area contributed by atoms with Crippen molar-refractivity contribution in [3.05, 3.63) is 89.5 Å². The summed E-state index contributed by atoms with van der Waals surface area (Å²) < 4.78 is 123. The van der Waals surface area contributed by atoms with Crippen LogP contribution >= 0.6 is 0 Å².